The number of benzene rings is 1. The molecule has 0 amide bonds. The van der Waals surface area contributed by atoms with Gasteiger partial charge in [-0.25, -0.2) is 0 Å². The number of rotatable bonds is 2. The summed E-state index contributed by atoms with van der Waals surface area (Å²) < 4.78 is 0. The normalized spacial score (nSPS) is 14.7. The topological polar surface area (TPSA) is 24.9 Å². The summed E-state index contributed by atoms with van der Waals surface area (Å²) in [6, 6.07) is 4.12. The lowest BCUT2D eigenvalue weighted by atomic mass is 9.89. The minimum Gasteiger partial charge on any atom is -0.316 e. The zero-order chi connectivity index (χ0) is 13.4. The minimum atomic E-state index is 0.811. The summed E-state index contributed by atoms with van der Waals surface area (Å²) in [4.78, 5) is 4.91. The Hall–Kier alpha value is -1.12. The van der Waals surface area contributed by atoms with Crippen molar-refractivity contribution in [2.24, 2.45) is 0 Å². The van der Waals surface area contributed by atoms with Crippen molar-refractivity contribution in [3.63, 3.8) is 0 Å². The first-order valence-electron chi connectivity index (χ1n) is 6.96. The molecule has 2 nitrogen and oxygen atoms in total. The number of pyridine rings is 1. The van der Waals surface area contributed by atoms with Gasteiger partial charge >= 0.3 is 0 Å². The Balaban J connectivity index is 2.35. The molecule has 100 valence electrons. The van der Waals surface area contributed by atoms with Gasteiger partial charge in [-0.1, -0.05) is 17.7 Å². The predicted octanol–water partition coefficient (Wildman–Crippen LogP) is 3.79. The molecule has 0 aliphatic heterocycles. The van der Waals surface area contributed by atoms with E-state index in [1.807, 2.05) is 13.1 Å². The maximum atomic E-state index is 6.24. The van der Waals surface area contributed by atoms with E-state index in [0.717, 1.165) is 35.5 Å². The molecule has 0 saturated heterocycles. The maximum absolute atomic E-state index is 6.24. The third kappa shape index (κ3) is 2.13. The van der Waals surface area contributed by atoms with Gasteiger partial charge in [-0.15, -0.1) is 0 Å². The molecular weight excluding hydrogens is 256 g/mol. The second-order valence-electron chi connectivity index (χ2n) is 5.32. The summed E-state index contributed by atoms with van der Waals surface area (Å²) in [7, 11) is 2.00. The first-order chi connectivity index (χ1) is 9.22. The van der Waals surface area contributed by atoms with Crippen molar-refractivity contribution in [2.75, 3.05) is 7.05 Å². The van der Waals surface area contributed by atoms with E-state index in [9.17, 15) is 0 Å². The summed E-state index contributed by atoms with van der Waals surface area (Å²) in [5.74, 6) is 0. The van der Waals surface area contributed by atoms with Gasteiger partial charge in [0.05, 0.1) is 5.52 Å². The standard InChI is InChI=1S/C16H19ClN2/c1-10-14(17)8-7-12-13(9-18-2)11-5-3-4-6-15(11)19-16(10)12/h7-8,18H,3-6,9H2,1-2H3. The van der Waals surface area contributed by atoms with Crippen LogP contribution in [0.25, 0.3) is 10.9 Å². The fourth-order valence-electron chi connectivity index (χ4n) is 3.08. The summed E-state index contributed by atoms with van der Waals surface area (Å²) in [6.45, 7) is 2.97. The number of nitrogens with one attached hydrogen (secondary N) is 1. The number of hydrogen-bond donors (Lipinski definition) is 1. The number of aryl methyl sites for hydroxylation is 2. The number of halogens is 1. The molecular formula is C16H19ClN2. The molecule has 0 spiro atoms. The molecule has 1 aromatic heterocycles. The van der Waals surface area contributed by atoms with E-state index >= 15 is 0 Å². The van der Waals surface area contributed by atoms with Gasteiger partial charge in [-0.3, -0.25) is 4.98 Å². The molecule has 2 aromatic rings. The Bertz CT molecular complexity index is 634. The molecule has 0 radical (unpaired) electrons. The first-order valence-corrected chi connectivity index (χ1v) is 7.34. The van der Waals surface area contributed by atoms with Gasteiger partial charge in [0.1, 0.15) is 0 Å². The molecule has 3 rings (SSSR count). The van der Waals surface area contributed by atoms with E-state index in [0.29, 0.717) is 0 Å². The van der Waals surface area contributed by atoms with Gasteiger partial charge in [0.2, 0.25) is 0 Å². The van der Waals surface area contributed by atoms with Gasteiger partial charge in [0.15, 0.2) is 0 Å². The molecule has 3 heteroatoms. The molecule has 0 bridgehead atoms. The SMILES string of the molecule is CNCc1c2c(nc3c(C)c(Cl)ccc13)CCCC2. The third-order valence-electron chi connectivity index (χ3n) is 4.09. The smallest absolute Gasteiger partial charge is 0.0752 e. The van der Waals surface area contributed by atoms with Crippen LogP contribution in [0.4, 0.5) is 0 Å². The van der Waals surface area contributed by atoms with Gasteiger partial charge in [0.25, 0.3) is 0 Å². The van der Waals surface area contributed by atoms with Crippen LogP contribution >= 0.6 is 11.6 Å². The monoisotopic (exact) mass is 274 g/mol. The average molecular weight is 275 g/mol. The molecule has 0 fully saturated rings. The lowest BCUT2D eigenvalue weighted by Gasteiger charge is -2.21. The first kappa shape index (κ1) is 12.9. The van der Waals surface area contributed by atoms with Crippen molar-refractivity contribution in [1.82, 2.24) is 10.3 Å². The highest BCUT2D eigenvalue weighted by Gasteiger charge is 2.18. The lowest BCUT2D eigenvalue weighted by molar-refractivity contribution is 0.659. The number of hydrogen-bond acceptors (Lipinski definition) is 2. The summed E-state index contributed by atoms with van der Waals surface area (Å²) in [6.07, 6.45) is 4.80. The van der Waals surface area contributed by atoms with Gasteiger partial charge < -0.3 is 5.32 Å². The average Bonchev–Trinajstić information content (AvgIpc) is 2.43. The number of aromatic nitrogens is 1. The second kappa shape index (κ2) is 5.10. The number of nitrogens with zero attached hydrogens (tertiary/aromatic N) is 1. The Morgan fingerprint density at radius 1 is 1.26 bits per heavy atom. The van der Waals surface area contributed by atoms with E-state index in [1.54, 1.807) is 0 Å². The Labute approximate surface area is 119 Å². The Morgan fingerprint density at radius 3 is 2.84 bits per heavy atom. The Morgan fingerprint density at radius 2 is 2.05 bits per heavy atom. The lowest BCUT2D eigenvalue weighted by Crippen LogP contribution is -2.15. The summed E-state index contributed by atoms with van der Waals surface area (Å²) in [5.41, 5.74) is 6.36. The van der Waals surface area contributed by atoms with Gasteiger partial charge in [-0.05, 0) is 62.4 Å². The molecule has 1 aliphatic rings. The zero-order valence-corrected chi connectivity index (χ0v) is 12.3. The van der Waals surface area contributed by atoms with Crippen LogP contribution in [0.3, 0.4) is 0 Å². The van der Waals surface area contributed by atoms with Crippen molar-refractivity contribution >= 4 is 22.5 Å². The van der Waals surface area contributed by atoms with Crippen LogP contribution in [0.1, 0.15) is 35.2 Å². The van der Waals surface area contributed by atoms with Crippen LogP contribution in [0.5, 0.6) is 0 Å². The van der Waals surface area contributed by atoms with Crippen molar-refractivity contribution in [2.45, 2.75) is 39.2 Å². The summed E-state index contributed by atoms with van der Waals surface area (Å²) in [5, 5.41) is 5.37. The molecule has 1 aromatic carbocycles. The van der Waals surface area contributed by atoms with E-state index < -0.39 is 0 Å². The quantitative estimate of drug-likeness (QED) is 0.901. The molecule has 0 atom stereocenters. The molecule has 1 heterocycles. The highest BCUT2D eigenvalue weighted by Crippen LogP contribution is 2.32. The third-order valence-corrected chi connectivity index (χ3v) is 4.50. The molecule has 0 saturated carbocycles. The van der Waals surface area contributed by atoms with Gasteiger partial charge in [0, 0.05) is 22.6 Å². The Kier molecular flexibility index (Phi) is 3.46. The van der Waals surface area contributed by atoms with E-state index in [1.165, 1.54) is 35.0 Å². The van der Waals surface area contributed by atoms with Crippen molar-refractivity contribution < 1.29 is 0 Å². The number of fused-ring (bicyclic) bond motifs is 2. The van der Waals surface area contributed by atoms with Crippen molar-refractivity contribution in [3.8, 4) is 0 Å². The molecule has 1 aliphatic carbocycles. The molecule has 1 N–H and O–H groups in total. The van der Waals surface area contributed by atoms with Crippen LogP contribution in [0.2, 0.25) is 5.02 Å². The van der Waals surface area contributed by atoms with Crippen molar-refractivity contribution in [1.29, 1.82) is 0 Å². The second-order valence-corrected chi connectivity index (χ2v) is 5.73. The zero-order valence-electron chi connectivity index (χ0n) is 11.5. The molecule has 0 unspecified atom stereocenters. The summed E-state index contributed by atoms with van der Waals surface area (Å²) >= 11 is 6.24. The van der Waals surface area contributed by atoms with Crippen LogP contribution in [-0.4, -0.2) is 12.0 Å². The largest absolute Gasteiger partial charge is 0.316 e. The van der Waals surface area contributed by atoms with E-state index in [4.69, 9.17) is 16.6 Å². The van der Waals surface area contributed by atoms with Gasteiger partial charge in [-0.2, -0.15) is 0 Å². The van der Waals surface area contributed by atoms with Crippen LogP contribution in [0.15, 0.2) is 12.1 Å². The van der Waals surface area contributed by atoms with E-state index in [2.05, 4.69) is 18.3 Å². The maximum Gasteiger partial charge on any atom is 0.0752 e. The minimum absolute atomic E-state index is 0.811. The predicted molar refractivity (Wildman–Crippen MR) is 80.9 cm³/mol. The van der Waals surface area contributed by atoms with Crippen molar-refractivity contribution in [3.05, 3.63) is 39.5 Å². The van der Waals surface area contributed by atoms with Crippen LogP contribution in [0, 0.1) is 6.92 Å². The fraction of sp³-hybridized carbons (Fsp3) is 0.438. The van der Waals surface area contributed by atoms with E-state index in [-0.39, 0.29) is 0 Å². The van der Waals surface area contributed by atoms with Crippen LogP contribution < -0.4 is 5.32 Å². The highest BCUT2D eigenvalue weighted by molar-refractivity contribution is 6.32. The fourth-order valence-corrected chi connectivity index (χ4v) is 3.23. The molecule has 19 heavy (non-hydrogen) atoms. The highest BCUT2D eigenvalue weighted by atomic mass is 35.5. The van der Waals surface area contributed by atoms with Crippen LogP contribution in [-0.2, 0) is 19.4 Å².